The van der Waals surface area contributed by atoms with E-state index in [1.165, 1.54) is 141 Å². The van der Waals surface area contributed by atoms with Crippen molar-refractivity contribution in [1.29, 1.82) is 0 Å². The SMILES string of the molecule is CC/C=C/C=C/C=C/CCCCCCCC(CC(=O)NC(CO)C(O)CCCCCCCCCCCCCCCC)OC(=O)CCCCCCCCCCCCCCCC. The van der Waals surface area contributed by atoms with Gasteiger partial charge in [-0.3, -0.25) is 9.59 Å². The topological polar surface area (TPSA) is 95.9 Å². The molecule has 0 heterocycles. The molecular weight excluding hydrogens is 743 g/mol. The van der Waals surface area contributed by atoms with E-state index in [2.05, 4.69) is 62.5 Å². The maximum Gasteiger partial charge on any atom is 0.306 e. The summed E-state index contributed by atoms with van der Waals surface area (Å²) in [5.41, 5.74) is 0. The summed E-state index contributed by atoms with van der Waals surface area (Å²) in [7, 11) is 0. The van der Waals surface area contributed by atoms with Gasteiger partial charge in [0.2, 0.25) is 5.91 Å². The van der Waals surface area contributed by atoms with Gasteiger partial charge in [0, 0.05) is 6.42 Å². The molecule has 0 radical (unpaired) electrons. The molecule has 3 unspecified atom stereocenters. The average molecular weight is 844 g/mol. The van der Waals surface area contributed by atoms with E-state index in [9.17, 15) is 19.8 Å². The molecule has 6 heteroatoms. The Hall–Kier alpha value is -1.92. The van der Waals surface area contributed by atoms with E-state index in [-0.39, 0.29) is 24.9 Å². The van der Waals surface area contributed by atoms with Crippen LogP contribution in [0.15, 0.2) is 36.5 Å². The average Bonchev–Trinajstić information content (AvgIpc) is 3.24. The Morgan fingerprint density at radius 1 is 0.500 bits per heavy atom. The third-order valence-electron chi connectivity index (χ3n) is 12.0. The number of carbonyl (C=O) groups is 2. The molecule has 3 atom stereocenters. The van der Waals surface area contributed by atoms with Crippen molar-refractivity contribution in [2.45, 2.75) is 289 Å². The molecule has 60 heavy (non-hydrogen) atoms. The number of hydrogen-bond donors (Lipinski definition) is 3. The van der Waals surface area contributed by atoms with Gasteiger partial charge in [-0.25, -0.2) is 0 Å². The summed E-state index contributed by atoms with van der Waals surface area (Å²) in [4.78, 5) is 26.1. The van der Waals surface area contributed by atoms with Crippen LogP contribution in [0, 0.1) is 0 Å². The molecule has 352 valence electrons. The van der Waals surface area contributed by atoms with Crippen molar-refractivity contribution in [3.8, 4) is 0 Å². The van der Waals surface area contributed by atoms with E-state index in [1.807, 2.05) is 0 Å². The third kappa shape index (κ3) is 42.8. The summed E-state index contributed by atoms with van der Waals surface area (Å²) in [5.74, 6) is -0.483. The molecule has 0 rings (SSSR count). The van der Waals surface area contributed by atoms with Crippen LogP contribution in [0.1, 0.15) is 271 Å². The van der Waals surface area contributed by atoms with Gasteiger partial charge in [-0.2, -0.15) is 0 Å². The van der Waals surface area contributed by atoms with Gasteiger partial charge < -0.3 is 20.3 Å². The summed E-state index contributed by atoms with van der Waals surface area (Å²) in [6, 6.07) is -0.705. The van der Waals surface area contributed by atoms with Gasteiger partial charge in [0.25, 0.3) is 0 Å². The molecule has 0 spiro atoms. The number of hydrogen-bond acceptors (Lipinski definition) is 5. The molecule has 0 aliphatic carbocycles. The number of carbonyl (C=O) groups excluding carboxylic acids is 2. The summed E-state index contributed by atoms with van der Waals surface area (Å²) >= 11 is 0. The van der Waals surface area contributed by atoms with Gasteiger partial charge in [-0.15, -0.1) is 0 Å². The molecule has 0 aliphatic rings. The Morgan fingerprint density at radius 2 is 0.900 bits per heavy atom. The summed E-state index contributed by atoms with van der Waals surface area (Å²) in [6.07, 6.45) is 56.3. The Morgan fingerprint density at radius 3 is 1.35 bits per heavy atom. The lowest BCUT2D eigenvalue weighted by molar-refractivity contribution is -0.151. The van der Waals surface area contributed by atoms with Crippen molar-refractivity contribution in [2.75, 3.05) is 6.61 Å². The summed E-state index contributed by atoms with van der Waals surface area (Å²) in [6.45, 7) is 6.36. The zero-order chi connectivity index (χ0) is 43.8. The van der Waals surface area contributed by atoms with Crippen LogP contribution >= 0.6 is 0 Å². The molecule has 0 aliphatic heterocycles. The minimum Gasteiger partial charge on any atom is -0.462 e. The predicted octanol–water partition coefficient (Wildman–Crippen LogP) is 15.7. The van der Waals surface area contributed by atoms with Crippen molar-refractivity contribution < 1.29 is 24.5 Å². The highest BCUT2D eigenvalue weighted by Crippen LogP contribution is 2.18. The number of rotatable bonds is 47. The number of esters is 1. The molecule has 0 aromatic carbocycles. The lowest BCUT2D eigenvalue weighted by atomic mass is 10.0. The Labute approximate surface area is 373 Å². The van der Waals surface area contributed by atoms with E-state index in [0.29, 0.717) is 19.3 Å². The van der Waals surface area contributed by atoms with E-state index in [1.54, 1.807) is 0 Å². The summed E-state index contributed by atoms with van der Waals surface area (Å²) < 4.78 is 5.93. The highest BCUT2D eigenvalue weighted by Gasteiger charge is 2.24. The van der Waals surface area contributed by atoms with Crippen molar-refractivity contribution in [1.82, 2.24) is 5.32 Å². The number of aliphatic hydroxyl groups is 2. The van der Waals surface area contributed by atoms with E-state index in [4.69, 9.17) is 4.74 Å². The number of nitrogens with one attached hydrogen (secondary N) is 1. The number of unbranched alkanes of at least 4 members (excludes halogenated alkanes) is 31. The van der Waals surface area contributed by atoms with Gasteiger partial charge in [0.15, 0.2) is 0 Å². The standard InChI is InChI=1S/C54H101NO5/c1-4-7-10-13-16-19-22-25-28-31-34-37-40-43-46-52(57)51(49-56)55-53(58)48-50(45-42-39-36-33-30-27-24-21-18-15-12-9-6-3)60-54(59)47-44-41-38-35-32-29-26-23-20-17-14-11-8-5-2/h9,12,15,18,21,24,50-52,56-57H,4-8,10-11,13-14,16-17,19-20,22-23,25-49H2,1-3H3,(H,55,58)/b12-9+,18-15+,24-21+. The molecule has 0 aromatic rings. The first-order valence-electron chi connectivity index (χ1n) is 26.2. The van der Waals surface area contributed by atoms with Crippen LogP contribution < -0.4 is 5.32 Å². The fourth-order valence-corrected chi connectivity index (χ4v) is 8.08. The number of amides is 1. The van der Waals surface area contributed by atoms with Crippen LogP contribution in [0.25, 0.3) is 0 Å². The van der Waals surface area contributed by atoms with Crippen LogP contribution in [-0.2, 0) is 14.3 Å². The lowest BCUT2D eigenvalue weighted by Gasteiger charge is -2.24. The van der Waals surface area contributed by atoms with Crippen molar-refractivity contribution in [2.24, 2.45) is 0 Å². The van der Waals surface area contributed by atoms with Gasteiger partial charge in [0.05, 0.1) is 25.2 Å². The summed E-state index contributed by atoms with van der Waals surface area (Å²) in [5, 5.41) is 23.8. The highest BCUT2D eigenvalue weighted by atomic mass is 16.5. The van der Waals surface area contributed by atoms with Crippen molar-refractivity contribution >= 4 is 11.9 Å². The fourth-order valence-electron chi connectivity index (χ4n) is 8.08. The van der Waals surface area contributed by atoms with E-state index in [0.717, 1.165) is 83.5 Å². The van der Waals surface area contributed by atoms with Crippen molar-refractivity contribution in [3.63, 3.8) is 0 Å². The van der Waals surface area contributed by atoms with Crippen LogP contribution in [0.2, 0.25) is 0 Å². The first kappa shape index (κ1) is 58.1. The Bertz CT molecular complexity index is 993. The quantitative estimate of drug-likeness (QED) is 0.0322. The van der Waals surface area contributed by atoms with Gasteiger partial charge in [-0.1, -0.05) is 250 Å². The van der Waals surface area contributed by atoms with Gasteiger partial charge in [0.1, 0.15) is 6.10 Å². The maximum absolute atomic E-state index is 13.2. The van der Waals surface area contributed by atoms with E-state index < -0.39 is 18.2 Å². The lowest BCUT2D eigenvalue weighted by Crippen LogP contribution is -2.46. The van der Waals surface area contributed by atoms with Crippen LogP contribution in [-0.4, -0.2) is 46.9 Å². The monoisotopic (exact) mass is 844 g/mol. The van der Waals surface area contributed by atoms with Crippen LogP contribution in [0.3, 0.4) is 0 Å². The predicted molar refractivity (Wildman–Crippen MR) is 259 cm³/mol. The first-order chi connectivity index (χ1) is 29.5. The smallest absolute Gasteiger partial charge is 0.306 e. The minimum absolute atomic E-state index is 0.0678. The molecule has 6 nitrogen and oxygen atoms in total. The molecule has 1 amide bonds. The molecule has 0 bridgehead atoms. The van der Waals surface area contributed by atoms with Gasteiger partial charge in [-0.05, 0) is 44.9 Å². The second-order valence-electron chi connectivity index (χ2n) is 18.0. The first-order valence-corrected chi connectivity index (χ1v) is 26.2. The molecule has 0 saturated heterocycles. The fraction of sp³-hybridized carbons (Fsp3) is 0.852. The molecule has 0 saturated carbocycles. The van der Waals surface area contributed by atoms with Gasteiger partial charge >= 0.3 is 5.97 Å². The number of allylic oxidation sites excluding steroid dienone is 6. The zero-order valence-electron chi connectivity index (χ0n) is 40.1. The normalized spacial score (nSPS) is 13.5. The largest absolute Gasteiger partial charge is 0.462 e. The molecule has 0 aromatic heterocycles. The highest BCUT2D eigenvalue weighted by molar-refractivity contribution is 5.77. The maximum atomic E-state index is 13.2. The van der Waals surface area contributed by atoms with Crippen molar-refractivity contribution in [3.05, 3.63) is 36.5 Å². The zero-order valence-corrected chi connectivity index (χ0v) is 40.1. The minimum atomic E-state index is -0.790. The Kier molecular flexibility index (Phi) is 46.6. The van der Waals surface area contributed by atoms with E-state index >= 15 is 0 Å². The number of aliphatic hydroxyl groups excluding tert-OH is 2. The van der Waals surface area contributed by atoms with Crippen LogP contribution in [0.5, 0.6) is 0 Å². The molecule has 3 N–H and O–H groups in total. The molecule has 0 fully saturated rings. The molecular formula is C54H101NO5. The number of ether oxygens (including phenoxy) is 1. The second-order valence-corrected chi connectivity index (χ2v) is 18.0. The second kappa shape index (κ2) is 48.1. The third-order valence-corrected chi connectivity index (χ3v) is 12.0. The van der Waals surface area contributed by atoms with Crippen LogP contribution in [0.4, 0.5) is 0 Å². The Balaban J connectivity index is 4.55.